The average molecular weight is 470 g/mol. The molecule has 1 atom stereocenters. The Bertz CT molecular complexity index is 1570. The first-order valence-corrected chi connectivity index (χ1v) is 11.5. The van der Waals surface area contributed by atoms with Gasteiger partial charge < -0.3 is 5.32 Å². The Hall–Kier alpha value is -4.10. The highest BCUT2D eigenvalue weighted by Crippen LogP contribution is 2.30. The molecule has 0 saturated carbocycles. The molecule has 1 unspecified atom stereocenters. The van der Waals surface area contributed by atoms with Gasteiger partial charge in [0.05, 0.1) is 21.8 Å². The molecule has 0 aliphatic carbocycles. The number of halogens is 1. The van der Waals surface area contributed by atoms with Crippen molar-refractivity contribution in [2.45, 2.75) is 13.0 Å². The van der Waals surface area contributed by atoms with Crippen LogP contribution in [0.25, 0.3) is 6.08 Å². The Kier molecular flexibility index (Phi) is 5.77. The summed E-state index contributed by atoms with van der Waals surface area (Å²) < 4.78 is 15.8. The van der Waals surface area contributed by atoms with Crippen LogP contribution in [0.15, 0.2) is 106 Å². The molecule has 5 rings (SSSR count). The quantitative estimate of drug-likeness (QED) is 0.491. The number of hydrogen-bond acceptors (Lipinski definition) is 4. The number of carbonyl (C=O) groups is 1. The Labute approximate surface area is 198 Å². The predicted molar refractivity (Wildman–Crippen MR) is 132 cm³/mol. The zero-order chi connectivity index (χ0) is 23.7. The lowest BCUT2D eigenvalue weighted by molar-refractivity contribution is -0.113. The van der Waals surface area contributed by atoms with E-state index in [9.17, 15) is 14.0 Å². The Balaban J connectivity index is 1.68. The van der Waals surface area contributed by atoms with Gasteiger partial charge in [-0.1, -0.05) is 72.0 Å². The highest BCUT2D eigenvalue weighted by atomic mass is 32.1. The number of aromatic nitrogens is 1. The number of amides is 1. The minimum absolute atomic E-state index is 0.251. The molecule has 0 fully saturated rings. The van der Waals surface area contributed by atoms with Crippen LogP contribution in [0.1, 0.15) is 24.1 Å². The third kappa shape index (κ3) is 4.13. The van der Waals surface area contributed by atoms with Crippen LogP contribution in [0.4, 0.5) is 10.1 Å². The van der Waals surface area contributed by atoms with Crippen LogP contribution in [0.3, 0.4) is 0 Å². The monoisotopic (exact) mass is 469 g/mol. The van der Waals surface area contributed by atoms with Crippen LogP contribution >= 0.6 is 11.3 Å². The molecular formula is C27H20FN3O2S. The number of nitrogens with zero attached hydrogens (tertiary/aromatic N) is 2. The van der Waals surface area contributed by atoms with E-state index in [2.05, 4.69) is 10.3 Å². The first-order valence-electron chi connectivity index (χ1n) is 10.7. The lowest BCUT2D eigenvalue weighted by Gasteiger charge is -2.25. The maximum atomic E-state index is 13.7. The topological polar surface area (TPSA) is 63.5 Å². The minimum atomic E-state index is -0.738. The van der Waals surface area contributed by atoms with Crippen LogP contribution in [0.5, 0.6) is 0 Å². The summed E-state index contributed by atoms with van der Waals surface area (Å²) in [4.78, 5) is 32.1. The zero-order valence-electron chi connectivity index (χ0n) is 18.2. The van der Waals surface area contributed by atoms with Crippen molar-refractivity contribution in [3.63, 3.8) is 0 Å². The lowest BCUT2D eigenvalue weighted by atomic mass is 9.95. The molecule has 7 heteroatoms. The Morgan fingerprint density at radius 3 is 2.32 bits per heavy atom. The van der Waals surface area contributed by atoms with Crippen LogP contribution in [0, 0.1) is 5.82 Å². The molecule has 5 nitrogen and oxygen atoms in total. The van der Waals surface area contributed by atoms with E-state index in [1.54, 1.807) is 31.2 Å². The fourth-order valence-corrected chi connectivity index (χ4v) is 5.04. The van der Waals surface area contributed by atoms with Gasteiger partial charge in [0, 0.05) is 5.69 Å². The summed E-state index contributed by atoms with van der Waals surface area (Å²) in [6.07, 6.45) is 1.81. The van der Waals surface area contributed by atoms with E-state index in [4.69, 9.17) is 0 Å². The van der Waals surface area contributed by atoms with Crippen molar-refractivity contribution >= 4 is 29.0 Å². The SMILES string of the molecule is CC1=C(C(=O)Nc2ccccc2)C(c2ccc(F)cc2)n2c(s/c(=C/c3ccccc3)c2=O)=N1. The average Bonchev–Trinajstić information content (AvgIpc) is 3.14. The van der Waals surface area contributed by atoms with Gasteiger partial charge in [-0.25, -0.2) is 9.38 Å². The number of allylic oxidation sites excluding steroid dienone is 1. The first kappa shape index (κ1) is 21.7. The highest BCUT2D eigenvalue weighted by Gasteiger charge is 2.32. The molecule has 4 aromatic rings. The van der Waals surface area contributed by atoms with Crippen LogP contribution in [-0.2, 0) is 4.79 Å². The van der Waals surface area contributed by atoms with Crippen LogP contribution in [0.2, 0.25) is 0 Å². The largest absolute Gasteiger partial charge is 0.322 e. The molecular weight excluding hydrogens is 449 g/mol. The van der Waals surface area contributed by atoms with Gasteiger partial charge in [-0.15, -0.1) is 0 Å². The summed E-state index contributed by atoms with van der Waals surface area (Å²) in [5.41, 5.74) is 2.75. The number of rotatable bonds is 4. The molecule has 1 aromatic heterocycles. The molecule has 0 saturated heterocycles. The third-order valence-electron chi connectivity index (χ3n) is 5.58. The molecule has 34 heavy (non-hydrogen) atoms. The first-order chi connectivity index (χ1) is 16.5. The predicted octanol–water partition coefficient (Wildman–Crippen LogP) is 4.01. The second kappa shape index (κ2) is 9.03. The van der Waals surface area contributed by atoms with Crippen LogP contribution < -0.4 is 20.2 Å². The van der Waals surface area contributed by atoms with E-state index in [0.717, 1.165) is 5.56 Å². The van der Waals surface area contributed by atoms with Crippen LogP contribution in [-0.4, -0.2) is 10.5 Å². The van der Waals surface area contributed by atoms with Gasteiger partial charge in [-0.3, -0.25) is 14.2 Å². The number of para-hydroxylation sites is 1. The van der Waals surface area contributed by atoms with E-state index < -0.39 is 11.9 Å². The molecule has 0 radical (unpaired) electrons. The summed E-state index contributed by atoms with van der Waals surface area (Å²) in [5.74, 6) is -0.754. The van der Waals surface area contributed by atoms with Gasteiger partial charge in [-0.2, -0.15) is 0 Å². The number of hydrogen-bond donors (Lipinski definition) is 1. The standard InChI is InChI=1S/C27H20FN3O2S/c1-17-23(25(32)30-21-10-6-3-7-11-21)24(19-12-14-20(28)15-13-19)31-26(33)22(34-27(31)29-17)16-18-8-4-2-5-9-18/h2-16,24H,1H3,(H,30,32)/b22-16+. The smallest absolute Gasteiger partial charge is 0.271 e. The van der Waals surface area contributed by atoms with Crippen molar-refractivity contribution in [2.24, 2.45) is 4.99 Å². The second-order valence-corrected chi connectivity index (χ2v) is 8.87. The zero-order valence-corrected chi connectivity index (χ0v) is 19.1. The molecule has 0 spiro atoms. The van der Waals surface area contributed by atoms with Gasteiger partial charge in [-0.05, 0) is 48.4 Å². The van der Waals surface area contributed by atoms with Gasteiger partial charge in [0.25, 0.3) is 11.5 Å². The summed E-state index contributed by atoms with van der Waals surface area (Å²) in [6.45, 7) is 1.75. The number of anilines is 1. The minimum Gasteiger partial charge on any atom is -0.322 e. The summed E-state index contributed by atoms with van der Waals surface area (Å²) in [7, 11) is 0. The van der Waals surface area contributed by atoms with E-state index >= 15 is 0 Å². The molecule has 1 amide bonds. The summed E-state index contributed by atoms with van der Waals surface area (Å²) in [5, 5.41) is 2.90. The van der Waals surface area contributed by atoms with Crippen molar-refractivity contribution < 1.29 is 9.18 Å². The molecule has 2 heterocycles. The van der Waals surface area contributed by atoms with Crippen molar-refractivity contribution in [1.82, 2.24) is 4.57 Å². The maximum Gasteiger partial charge on any atom is 0.271 e. The third-order valence-corrected chi connectivity index (χ3v) is 6.56. The molecule has 168 valence electrons. The van der Waals surface area contributed by atoms with E-state index in [0.29, 0.717) is 31.9 Å². The number of nitrogens with one attached hydrogen (secondary N) is 1. The van der Waals surface area contributed by atoms with Crippen molar-refractivity contribution in [2.75, 3.05) is 5.32 Å². The molecule has 0 bridgehead atoms. The Morgan fingerprint density at radius 2 is 1.65 bits per heavy atom. The van der Waals surface area contributed by atoms with Crippen molar-refractivity contribution in [1.29, 1.82) is 0 Å². The van der Waals surface area contributed by atoms with Crippen molar-refractivity contribution in [3.05, 3.63) is 133 Å². The highest BCUT2D eigenvalue weighted by molar-refractivity contribution is 7.07. The number of thiazole rings is 1. The Morgan fingerprint density at radius 1 is 1.00 bits per heavy atom. The van der Waals surface area contributed by atoms with E-state index in [-0.39, 0.29) is 11.5 Å². The summed E-state index contributed by atoms with van der Waals surface area (Å²) in [6, 6.07) is 23.8. The fraction of sp³-hybridized carbons (Fsp3) is 0.0741. The molecule has 1 aliphatic heterocycles. The molecule has 1 N–H and O–H groups in total. The summed E-state index contributed by atoms with van der Waals surface area (Å²) >= 11 is 1.27. The van der Waals surface area contributed by atoms with E-state index in [1.165, 1.54) is 28.0 Å². The maximum absolute atomic E-state index is 13.7. The second-order valence-electron chi connectivity index (χ2n) is 7.86. The van der Waals surface area contributed by atoms with E-state index in [1.807, 2.05) is 54.6 Å². The number of fused-ring (bicyclic) bond motifs is 1. The number of benzene rings is 3. The normalized spacial score (nSPS) is 15.6. The van der Waals surface area contributed by atoms with Gasteiger partial charge >= 0.3 is 0 Å². The molecule has 3 aromatic carbocycles. The van der Waals surface area contributed by atoms with Crippen molar-refractivity contribution in [3.8, 4) is 0 Å². The van der Waals surface area contributed by atoms with Gasteiger partial charge in [0.2, 0.25) is 0 Å². The fourth-order valence-electron chi connectivity index (χ4n) is 3.99. The van der Waals surface area contributed by atoms with Gasteiger partial charge in [0.15, 0.2) is 4.80 Å². The van der Waals surface area contributed by atoms with Gasteiger partial charge in [0.1, 0.15) is 5.82 Å². The lowest BCUT2D eigenvalue weighted by Crippen LogP contribution is -2.40. The number of carbonyl (C=O) groups excluding carboxylic acids is 1. The molecule has 1 aliphatic rings.